The van der Waals surface area contributed by atoms with E-state index in [4.69, 9.17) is 5.21 Å². The molecule has 2 saturated heterocycles. The Kier molecular flexibility index (Phi) is 4.13. The number of piperidine rings is 1. The van der Waals surface area contributed by atoms with Gasteiger partial charge in [-0.25, -0.2) is 5.48 Å². The lowest BCUT2D eigenvalue weighted by Crippen LogP contribution is -2.71. The van der Waals surface area contributed by atoms with Crippen LogP contribution in [0.15, 0.2) is 24.3 Å². The molecule has 1 aromatic carbocycles. The number of likely N-dealkylation sites (tertiary alicyclic amines) is 1. The van der Waals surface area contributed by atoms with Gasteiger partial charge < -0.3 is 10.2 Å². The van der Waals surface area contributed by atoms with E-state index in [9.17, 15) is 9.59 Å². The van der Waals surface area contributed by atoms with E-state index in [-0.39, 0.29) is 17.9 Å². The van der Waals surface area contributed by atoms with Crippen molar-refractivity contribution in [1.29, 1.82) is 0 Å². The first-order valence-electron chi connectivity index (χ1n) is 7.65. The van der Waals surface area contributed by atoms with Crippen molar-refractivity contribution < 1.29 is 14.8 Å². The van der Waals surface area contributed by atoms with Crippen molar-refractivity contribution in [2.45, 2.75) is 37.8 Å². The maximum atomic E-state index is 12.3. The van der Waals surface area contributed by atoms with Crippen LogP contribution in [0.4, 0.5) is 0 Å². The number of carbonyl (C=O) groups excluding carboxylic acids is 2. The molecule has 118 valence electrons. The first-order chi connectivity index (χ1) is 10.6. The number of nitrogens with zero attached hydrogens (tertiary/aromatic N) is 1. The second-order valence-electron chi connectivity index (χ2n) is 6.19. The number of nitrogens with one attached hydrogen (secondary N) is 2. The number of hydrogen-bond acceptors (Lipinski definition) is 4. The van der Waals surface area contributed by atoms with Crippen molar-refractivity contribution >= 4 is 11.8 Å². The normalized spacial score (nSPS) is 19.9. The lowest BCUT2D eigenvalue weighted by Gasteiger charge is -2.53. The summed E-state index contributed by atoms with van der Waals surface area (Å²) in [6.45, 7) is 2.38. The third kappa shape index (κ3) is 2.84. The standard InChI is InChI=1S/C16H21N3O3/c20-14(18-22)8-12-3-5-13(6-4-12)9-19-15(21)2-1-7-16(19)10-17-11-16/h3-6,17,22H,1-2,7-11H2,(H,18,20). The molecule has 0 bridgehead atoms. The number of amides is 2. The van der Waals surface area contributed by atoms with Gasteiger partial charge in [-0.15, -0.1) is 0 Å². The average molecular weight is 303 g/mol. The maximum Gasteiger partial charge on any atom is 0.247 e. The fraction of sp³-hybridized carbons (Fsp3) is 0.500. The highest BCUT2D eigenvalue weighted by Gasteiger charge is 2.46. The minimum Gasteiger partial charge on any atom is -0.330 e. The summed E-state index contributed by atoms with van der Waals surface area (Å²) in [5.74, 6) is -0.199. The van der Waals surface area contributed by atoms with Gasteiger partial charge in [0.15, 0.2) is 0 Å². The zero-order valence-corrected chi connectivity index (χ0v) is 12.5. The number of hydroxylamine groups is 1. The Morgan fingerprint density at radius 1 is 1.27 bits per heavy atom. The summed E-state index contributed by atoms with van der Waals surface area (Å²) in [6, 6.07) is 7.62. The van der Waals surface area contributed by atoms with E-state index in [1.165, 1.54) is 0 Å². The van der Waals surface area contributed by atoms with E-state index in [1.54, 1.807) is 5.48 Å². The van der Waals surface area contributed by atoms with Gasteiger partial charge in [0.25, 0.3) is 0 Å². The van der Waals surface area contributed by atoms with E-state index < -0.39 is 5.91 Å². The van der Waals surface area contributed by atoms with Gasteiger partial charge in [-0.3, -0.25) is 14.8 Å². The SMILES string of the molecule is O=C(Cc1ccc(CN2C(=O)CCCC23CNC3)cc1)NO. The topological polar surface area (TPSA) is 81.7 Å². The molecule has 2 fully saturated rings. The Hall–Kier alpha value is -1.92. The van der Waals surface area contributed by atoms with Crippen LogP contribution >= 0.6 is 0 Å². The summed E-state index contributed by atoms with van der Waals surface area (Å²) >= 11 is 0. The fourth-order valence-electron chi connectivity index (χ4n) is 3.31. The van der Waals surface area contributed by atoms with Crippen LogP contribution in [0.1, 0.15) is 30.4 Å². The molecular weight excluding hydrogens is 282 g/mol. The van der Waals surface area contributed by atoms with Crippen LogP contribution in [0.3, 0.4) is 0 Å². The van der Waals surface area contributed by atoms with E-state index in [0.717, 1.165) is 37.1 Å². The van der Waals surface area contributed by atoms with Gasteiger partial charge in [-0.1, -0.05) is 24.3 Å². The van der Waals surface area contributed by atoms with E-state index in [0.29, 0.717) is 13.0 Å². The molecule has 2 amide bonds. The molecule has 0 aliphatic carbocycles. The first kappa shape index (κ1) is 15.0. The first-order valence-corrected chi connectivity index (χ1v) is 7.65. The molecule has 0 radical (unpaired) electrons. The Morgan fingerprint density at radius 2 is 1.95 bits per heavy atom. The molecule has 6 heteroatoms. The molecule has 0 unspecified atom stereocenters. The number of hydrogen-bond donors (Lipinski definition) is 3. The maximum absolute atomic E-state index is 12.3. The van der Waals surface area contributed by atoms with Crippen LogP contribution in [0.2, 0.25) is 0 Å². The molecule has 1 spiro atoms. The average Bonchev–Trinajstić information content (AvgIpc) is 2.49. The number of rotatable bonds is 4. The van der Waals surface area contributed by atoms with Crippen molar-refractivity contribution in [3.63, 3.8) is 0 Å². The molecule has 0 aromatic heterocycles. The van der Waals surface area contributed by atoms with Crippen LogP contribution in [-0.4, -0.2) is 40.5 Å². The van der Waals surface area contributed by atoms with Gasteiger partial charge in [0.1, 0.15) is 0 Å². The van der Waals surface area contributed by atoms with Crippen LogP contribution in [0.25, 0.3) is 0 Å². The molecule has 2 aliphatic heterocycles. The highest BCUT2D eigenvalue weighted by Crippen LogP contribution is 2.33. The second kappa shape index (κ2) is 6.06. The Bertz CT molecular complexity index is 567. The quantitative estimate of drug-likeness (QED) is 0.562. The summed E-state index contributed by atoms with van der Waals surface area (Å²) in [4.78, 5) is 25.4. The highest BCUT2D eigenvalue weighted by atomic mass is 16.5. The van der Waals surface area contributed by atoms with Gasteiger partial charge >= 0.3 is 0 Å². The minimum atomic E-state index is -0.432. The smallest absolute Gasteiger partial charge is 0.247 e. The molecule has 0 saturated carbocycles. The van der Waals surface area contributed by atoms with Crippen LogP contribution < -0.4 is 10.8 Å². The summed E-state index contributed by atoms with van der Waals surface area (Å²) in [5, 5.41) is 11.8. The second-order valence-corrected chi connectivity index (χ2v) is 6.19. The Balaban J connectivity index is 1.69. The molecule has 22 heavy (non-hydrogen) atoms. The van der Waals surface area contributed by atoms with Crippen LogP contribution in [0.5, 0.6) is 0 Å². The molecule has 0 atom stereocenters. The molecule has 1 aromatic rings. The molecular formula is C16H21N3O3. The Labute approximate surface area is 129 Å². The van der Waals surface area contributed by atoms with E-state index in [1.807, 2.05) is 29.2 Å². The lowest BCUT2D eigenvalue weighted by atomic mass is 9.81. The minimum absolute atomic E-state index is 0.00474. The van der Waals surface area contributed by atoms with E-state index in [2.05, 4.69) is 5.32 Å². The Morgan fingerprint density at radius 3 is 2.55 bits per heavy atom. The zero-order valence-electron chi connectivity index (χ0n) is 12.5. The van der Waals surface area contributed by atoms with E-state index >= 15 is 0 Å². The molecule has 6 nitrogen and oxygen atoms in total. The predicted octanol–water partition coefficient (Wildman–Crippen LogP) is 0.589. The van der Waals surface area contributed by atoms with Crippen molar-refractivity contribution in [2.24, 2.45) is 0 Å². The van der Waals surface area contributed by atoms with Gasteiger partial charge in [-0.05, 0) is 24.0 Å². The largest absolute Gasteiger partial charge is 0.330 e. The predicted molar refractivity (Wildman–Crippen MR) is 80.1 cm³/mol. The molecule has 2 aliphatic rings. The third-order valence-corrected chi connectivity index (χ3v) is 4.67. The summed E-state index contributed by atoms with van der Waals surface area (Å²) in [7, 11) is 0. The van der Waals surface area contributed by atoms with Crippen molar-refractivity contribution in [3.05, 3.63) is 35.4 Å². The molecule has 3 N–H and O–H groups in total. The molecule has 3 rings (SSSR count). The van der Waals surface area contributed by atoms with Gasteiger partial charge in [0.2, 0.25) is 11.8 Å². The summed E-state index contributed by atoms with van der Waals surface area (Å²) < 4.78 is 0. The fourth-order valence-corrected chi connectivity index (χ4v) is 3.31. The van der Waals surface area contributed by atoms with Crippen molar-refractivity contribution in [3.8, 4) is 0 Å². The number of carbonyl (C=O) groups is 2. The van der Waals surface area contributed by atoms with Gasteiger partial charge in [0, 0.05) is 26.1 Å². The van der Waals surface area contributed by atoms with Crippen molar-refractivity contribution in [1.82, 2.24) is 15.7 Å². The van der Waals surface area contributed by atoms with Crippen LogP contribution in [-0.2, 0) is 22.6 Å². The monoisotopic (exact) mass is 303 g/mol. The van der Waals surface area contributed by atoms with Gasteiger partial charge in [-0.2, -0.15) is 0 Å². The highest BCUT2D eigenvalue weighted by molar-refractivity contribution is 5.78. The third-order valence-electron chi connectivity index (χ3n) is 4.67. The molecule has 2 heterocycles. The van der Waals surface area contributed by atoms with Crippen molar-refractivity contribution in [2.75, 3.05) is 13.1 Å². The number of benzene rings is 1. The summed E-state index contributed by atoms with van der Waals surface area (Å²) in [5.41, 5.74) is 3.53. The lowest BCUT2D eigenvalue weighted by molar-refractivity contribution is -0.146. The van der Waals surface area contributed by atoms with Gasteiger partial charge in [0.05, 0.1) is 12.0 Å². The summed E-state index contributed by atoms with van der Waals surface area (Å²) in [6.07, 6.45) is 2.83. The van der Waals surface area contributed by atoms with Crippen LogP contribution in [0, 0.1) is 0 Å². The zero-order chi connectivity index (χ0) is 15.6.